The fourth-order valence-corrected chi connectivity index (χ4v) is 3.37. The van der Waals surface area contributed by atoms with E-state index >= 15 is 0 Å². The van der Waals surface area contributed by atoms with Crippen LogP contribution >= 0.6 is 23.2 Å². The van der Waals surface area contributed by atoms with Crippen LogP contribution in [-0.2, 0) is 6.42 Å². The Kier molecular flexibility index (Phi) is 4.80. The topological polar surface area (TPSA) is 9.23 Å². The van der Waals surface area contributed by atoms with Crippen LogP contribution in [0.4, 0.5) is 0 Å². The van der Waals surface area contributed by atoms with Crippen LogP contribution in [0.5, 0.6) is 5.75 Å². The number of hydrogen-bond acceptors (Lipinski definition) is 1. The van der Waals surface area contributed by atoms with Crippen molar-refractivity contribution in [2.45, 2.75) is 38.0 Å². The summed E-state index contributed by atoms with van der Waals surface area (Å²) in [5.74, 6) is 2.22. The lowest BCUT2D eigenvalue weighted by Crippen LogP contribution is -2.26. The predicted octanol–water partition coefficient (Wildman–Crippen LogP) is 4.93. The third-order valence-corrected chi connectivity index (χ3v) is 4.69. The molecule has 2 rings (SSSR count). The maximum absolute atomic E-state index is 6.46. The van der Waals surface area contributed by atoms with Gasteiger partial charge >= 0.3 is 0 Å². The molecule has 3 atom stereocenters. The molecule has 1 fully saturated rings. The van der Waals surface area contributed by atoms with Gasteiger partial charge in [0.05, 0.1) is 7.11 Å². The smallest absolute Gasteiger partial charge is 0.122 e. The molecule has 0 saturated heterocycles. The average Bonchev–Trinajstić information content (AvgIpc) is 2.34. The summed E-state index contributed by atoms with van der Waals surface area (Å²) in [5, 5.41) is 1.05. The molecule has 1 aromatic rings. The molecule has 1 saturated carbocycles. The average molecular weight is 287 g/mol. The summed E-state index contributed by atoms with van der Waals surface area (Å²) in [6, 6.07) is 5.81. The van der Waals surface area contributed by atoms with Crippen LogP contribution in [0.1, 0.15) is 31.7 Å². The van der Waals surface area contributed by atoms with Gasteiger partial charge in [0.15, 0.2) is 0 Å². The summed E-state index contributed by atoms with van der Waals surface area (Å²) in [6.45, 7) is 2.31. The molecule has 1 nitrogen and oxygen atoms in total. The third kappa shape index (κ3) is 3.33. The molecule has 0 heterocycles. The van der Waals surface area contributed by atoms with Gasteiger partial charge in [-0.05, 0) is 61.3 Å². The van der Waals surface area contributed by atoms with Crippen molar-refractivity contribution in [1.29, 1.82) is 0 Å². The number of methoxy groups -OCH3 is 1. The number of alkyl halides is 1. The minimum Gasteiger partial charge on any atom is -0.496 e. The van der Waals surface area contributed by atoms with Crippen LogP contribution in [0.3, 0.4) is 0 Å². The minimum absolute atomic E-state index is 0.282. The lowest BCUT2D eigenvalue weighted by molar-refractivity contribution is 0.284. The van der Waals surface area contributed by atoms with Gasteiger partial charge in [-0.3, -0.25) is 0 Å². The van der Waals surface area contributed by atoms with Gasteiger partial charge in [0.1, 0.15) is 5.75 Å². The van der Waals surface area contributed by atoms with Crippen molar-refractivity contribution in [3.63, 3.8) is 0 Å². The second-order valence-electron chi connectivity index (χ2n) is 5.35. The van der Waals surface area contributed by atoms with Crippen LogP contribution in [0.25, 0.3) is 0 Å². The quantitative estimate of drug-likeness (QED) is 0.716. The highest BCUT2D eigenvalue weighted by atomic mass is 35.5. The molecule has 1 aromatic carbocycles. The maximum atomic E-state index is 6.46. The highest BCUT2D eigenvalue weighted by Crippen LogP contribution is 2.36. The van der Waals surface area contributed by atoms with Crippen LogP contribution in [0.2, 0.25) is 5.02 Å². The SMILES string of the molecule is COc1ccc(Cl)cc1CC1CC(C)CCC1Cl. The van der Waals surface area contributed by atoms with Gasteiger partial charge < -0.3 is 4.74 Å². The van der Waals surface area contributed by atoms with E-state index in [1.807, 2.05) is 18.2 Å². The molecule has 1 aliphatic rings. The van der Waals surface area contributed by atoms with Crippen molar-refractivity contribution in [3.8, 4) is 5.75 Å². The van der Waals surface area contributed by atoms with Crippen LogP contribution in [-0.4, -0.2) is 12.5 Å². The van der Waals surface area contributed by atoms with Crippen molar-refractivity contribution in [2.24, 2.45) is 11.8 Å². The van der Waals surface area contributed by atoms with E-state index in [4.69, 9.17) is 27.9 Å². The lowest BCUT2D eigenvalue weighted by Gasteiger charge is -2.31. The highest BCUT2D eigenvalue weighted by molar-refractivity contribution is 6.30. The molecule has 1 aliphatic carbocycles. The molecule has 0 bridgehead atoms. The van der Waals surface area contributed by atoms with Gasteiger partial charge in [-0.1, -0.05) is 18.5 Å². The Morgan fingerprint density at radius 2 is 2.11 bits per heavy atom. The first-order valence-corrected chi connectivity index (χ1v) is 7.38. The number of ether oxygens (including phenoxy) is 1. The maximum Gasteiger partial charge on any atom is 0.122 e. The predicted molar refractivity (Wildman–Crippen MR) is 77.9 cm³/mol. The molecule has 0 aliphatic heterocycles. The van der Waals surface area contributed by atoms with E-state index in [9.17, 15) is 0 Å². The Labute approximate surface area is 119 Å². The van der Waals surface area contributed by atoms with Crippen LogP contribution in [0.15, 0.2) is 18.2 Å². The molecular weight excluding hydrogens is 267 g/mol. The standard InChI is InChI=1S/C15H20Cl2O/c1-10-3-5-14(17)11(7-10)8-12-9-13(16)4-6-15(12)18-2/h4,6,9-11,14H,3,5,7-8H2,1-2H3. The molecule has 0 amide bonds. The lowest BCUT2D eigenvalue weighted by atomic mass is 9.79. The van der Waals surface area contributed by atoms with E-state index in [2.05, 4.69) is 6.92 Å². The molecule has 0 radical (unpaired) electrons. The van der Waals surface area contributed by atoms with Crippen molar-refractivity contribution < 1.29 is 4.74 Å². The molecule has 18 heavy (non-hydrogen) atoms. The van der Waals surface area contributed by atoms with E-state index in [1.165, 1.54) is 18.4 Å². The molecule has 0 N–H and O–H groups in total. The second kappa shape index (κ2) is 6.16. The minimum atomic E-state index is 0.282. The van der Waals surface area contributed by atoms with Crippen molar-refractivity contribution in [2.75, 3.05) is 7.11 Å². The van der Waals surface area contributed by atoms with Crippen LogP contribution in [0, 0.1) is 11.8 Å². The first-order valence-electron chi connectivity index (χ1n) is 6.56. The Balaban J connectivity index is 2.14. The second-order valence-corrected chi connectivity index (χ2v) is 6.35. The molecule has 3 heteroatoms. The van der Waals surface area contributed by atoms with Gasteiger partial charge in [-0.25, -0.2) is 0 Å². The van der Waals surface area contributed by atoms with Gasteiger partial charge in [0.25, 0.3) is 0 Å². The molecule has 100 valence electrons. The summed E-state index contributed by atoms with van der Waals surface area (Å²) in [6.07, 6.45) is 4.53. The Morgan fingerprint density at radius 1 is 1.33 bits per heavy atom. The number of halogens is 2. The summed E-state index contributed by atoms with van der Waals surface area (Å²) < 4.78 is 5.40. The zero-order valence-electron chi connectivity index (χ0n) is 11.0. The third-order valence-electron chi connectivity index (χ3n) is 3.88. The molecule has 3 unspecified atom stereocenters. The number of hydrogen-bond donors (Lipinski definition) is 0. The molecule has 0 aromatic heterocycles. The summed E-state index contributed by atoms with van der Waals surface area (Å²) in [4.78, 5) is 0. The number of rotatable bonds is 3. The number of benzene rings is 1. The Morgan fingerprint density at radius 3 is 2.83 bits per heavy atom. The normalized spacial score (nSPS) is 28.1. The zero-order chi connectivity index (χ0) is 13.1. The largest absolute Gasteiger partial charge is 0.496 e. The first kappa shape index (κ1) is 14.0. The Bertz CT molecular complexity index is 405. The molecule has 0 spiro atoms. The van der Waals surface area contributed by atoms with E-state index in [-0.39, 0.29) is 5.38 Å². The van der Waals surface area contributed by atoms with E-state index in [0.29, 0.717) is 5.92 Å². The van der Waals surface area contributed by atoms with E-state index in [0.717, 1.165) is 29.5 Å². The first-order chi connectivity index (χ1) is 8.60. The Hall–Kier alpha value is -0.400. The van der Waals surface area contributed by atoms with E-state index < -0.39 is 0 Å². The van der Waals surface area contributed by atoms with Gasteiger partial charge in [0.2, 0.25) is 0 Å². The van der Waals surface area contributed by atoms with Crippen LogP contribution < -0.4 is 4.74 Å². The van der Waals surface area contributed by atoms with Crippen molar-refractivity contribution in [3.05, 3.63) is 28.8 Å². The van der Waals surface area contributed by atoms with Crippen molar-refractivity contribution in [1.82, 2.24) is 0 Å². The monoisotopic (exact) mass is 286 g/mol. The van der Waals surface area contributed by atoms with Gasteiger partial charge in [-0.2, -0.15) is 0 Å². The molecular formula is C15H20Cl2O. The zero-order valence-corrected chi connectivity index (χ0v) is 12.5. The van der Waals surface area contributed by atoms with Gasteiger partial charge in [0, 0.05) is 10.4 Å². The fraction of sp³-hybridized carbons (Fsp3) is 0.600. The fourth-order valence-electron chi connectivity index (χ4n) is 2.86. The van der Waals surface area contributed by atoms with Crippen molar-refractivity contribution >= 4 is 23.2 Å². The van der Waals surface area contributed by atoms with Gasteiger partial charge in [-0.15, -0.1) is 11.6 Å². The summed E-state index contributed by atoms with van der Waals surface area (Å²) in [7, 11) is 1.70. The summed E-state index contributed by atoms with van der Waals surface area (Å²) >= 11 is 12.5. The summed E-state index contributed by atoms with van der Waals surface area (Å²) in [5.41, 5.74) is 1.18. The highest BCUT2D eigenvalue weighted by Gasteiger charge is 2.27. The van der Waals surface area contributed by atoms with E-state index in [1.54, 1.807) is 7.11 Å².